The predicted octanol–water partition coefficient (Wildman–Crippen LogP) is 3.57. The molecule has 122 valence electrons. The molecule has 0 N–H and O–H groups in total. The molecule has 3 aromatic rings. The molecule has 1 aliphatic heterocycles. The van der Waals surface area contributed by atoms with Crippen molar-refractivity contribution in [1.82, 2.24) is 19.9 Å². The van der Waals surface area contributed by atoms with Gasteiger partial charge in [-0.05, 0) is 31.5 Å². The second-order valence-corrected chi connectivity index (χ2v) is 6.63. The van der Waals surface area contributed by atoms with Crippen molar-refractivity contribution in [3.63, 3.8) is 0 Å². The van der Waals surface area contributed by atoms with Crippen LogP contribution in [0, 0.1) is 12.9 Å². The van der Waals surface area contributed by atoms with Gasteiger partial charge in [0.05, 0.1) is 17.2 Å². The summed E-state index contributed by atoms with van der Waals surface area (Å²) in [6.07, 6.45) is 2.64. The molecule has 0 spiro atoms. The van der Waals surface area contributed by atoms with Crippen molar-refractivity contribution in [2.24, 2.45) is 0 Å². The third-order valence-electron chi connectivity index (χ3n) is 4.29. The van der Waals surface area contributed by atoms with Crippen LogP contribution in [-0.4, -0.2) is 26.5 Å². The van der Waals surface area contributed by atoms with Crippen LogP contribution in [0.5, 0.6) is 0 Å². The fraction of sp³-hybridized carbons (Fsp3) is 0.294. The van der Waals surface area contributed by atoms with E-state index in [-0.39, 0.29) is 6.04 Å². The fourth-order valence-corrected chi connectivity index (χ4v) is 3.61. The Morgan fingerprint density at radius 3 is 2.88 bits per heavy atom. The normalized spacial score (nSPS) is 17.0. The van der Waals surface area contributed by atoms with Crippen LogP contribution in [0.15, 0.2) is 29.2 Å². The Balaban J connectivity index is 1.69. The first-order valence-electron chi connectivity index (χ1n) is 7.77. The third-order valence-corrected chi connectivity index (χ3v) is 4.87. The zero-order valence-electron chi connectivity index (χ0n) is 13.4. The quantitative estimate of drug-likeness (QED) is 0.667. The van der Waals surface area contributed by atoms with E-state index in [0.717, 1.165) is 35.5 Å². The van der Waals surface area contributed by atoms with Gasteiger partial charge < -0.3 is 4.90 Å². The van der Waals surface area contributed by atoms with Crippen molar-refractivity contribution >= 4 is 17.2 Å². The second kappa shape index (κ2) is 5.90. The van der Waals surface area contributed by atoms with Crippen molar-refractivity contribution in [2.45, 2.75) is 26.3 Å². The summed E-state index contributed by atoms with van der Waals surface area (Å²) in [5, 5.41) is 1.94. The third kappa shape index (κ3) is 2.65. The number of halogens is 1. The van der Waals surface area contributed by atoms with E-state index in [4.69, 9.17) is 0 Å². The number of hydrogen-bond acceptors (Lipinski definition) is 6. The summed E-state index contributed by atoms with van der Waals surface area (Å²) >= 11 is 1.53. The molecule has 0 aliphatic carbocycles. The number of nitrogens with zero attached hydrogens (tertiary/aromatic N) is 5. The Bertz CT molecular complexity index is 860. The first kappa shape index (κ1) is 15.1. The molecule has 4 rings (SSSR count). The maximum atomic E-state index is 13.6. The van der Waals surface area contributed by atoms with E-state index in [1.54, 1.807) is 5.51 Å². The van der Waals surface area contributed by atoms with E-state index >= 15 is 0 Å². The molecule has 0 saturated carbocycles. The van der Waals surface area contributed by atoms with Crippen molar-refractivity contribution in [3.8, 4) is 11.5 Å². The predicted molar refractivity (Wildman–Crippen MR) is 91.5 cm³/mol. The molecule has 1 atom stereocenters. The van der Waals surface area contributed by atoms with Crippen molar-refractivity contribution in [2.75, 3.05) is 11.4 Å². The molecule has 7 heteroatoms. The molecule has 3 aromatic heterocycles. The Kier molecular flexibility index (Phi) is 3.72. The first-order valence-corrected chi connectivity index (χ1v) is 8.71. The molecule has 0 radical (unpaired) electrons. The molecule has 0 fully saturated rings. The van der Waals surface area contributed by atoms with Crippen LogP contribution in [0.1, 0.15) is 29.8 Å². The topological polar surface area (TPSA) is 54.8 Å². The van der Waals surface area contributed by atoms with Gasteiger partial charge in [0.2, 0.25) is 5.95 Å². The van der Waals surface area contributed by atoms with Gasteiger partial charge in [0.1, 0.15) is 11.5 Å². The van der Waals surface area contributed by atoms with Gasteiger partial charge in [-0.2, -0.15) is 4.39 Å². The number of aromatic nitrogens is 4. The molecule has 0 aromatic carbocycles. The van der Waals surface area contributed by atoms with E-state index in [0.29, 0.717) is 11.6 Å². The first-order chi connectivity index (χ1) is 11.6. The van der Waals surface area contributed by atoms with Crippen LogP contribution in [0.2, 0.25) is 0 Å². The van der Waals surface area contributed by atoms with Crippen molar-refractivity contribution in [3.05, 3.63) is 52.0 Å². The highest BCUT2D eigenvalue weighted by Gasteiger charge is 2.27. The van der Waals surface area contributed by atoms with Gasteiger partial charge in [0, 0.05) is 30.1 Å². The number of anilines is 1. The maximum Gasteiger partial charge on any atom is 0.215 e. The minimum atomic E-state index is -0.446. The number of thiazole rings is 1. The van der Waals surface area contributed by atoms with E-state index in [2.05, 4.69) is 31.8 Å². The van der Waals surface area contributed by atoms with E-state index in [1.807, 2.05) is 24.6 Å². The van der Waals surface area contributed by atoms with Gasteiger partial charge in [-0.15, -0.1) is 11.3 Å². The molecule has 24 heavy (non-hydrogen) atoms. The molecule has 0 saturated heterocycles. The van der Waals surface area contributed by atoms with Crippen LogP contribution >= 0.6 is 11.3 Å². The summed E-state index contributed by atoms with van der Waals surface area (Å²) in [4.78, 5) is 19.6. The highest BCUT2D eigenvalue weighted by atomic mass is 32.1. The van der Waals surface area contributed by atoms with Gasteiger partial charge in [0.15, 0.2) is 5.82 Å². The summed E-state index contributed by atoms with van der Waals surface area (Å²) in [5.74, 6) is 0.878. The van der Waals surface area contributed by atoms with E-state index < -0.39 is 5.95 Å². The molecule has 1 unspecified atom stereocenters. The molecular formula is C17H16FN5S. The lowest BCUT2D eigenvalue weighted by molar-refractivity contribution is 0.561. The summed E-state index contributed by atoms with van der Waals surface area (Å²) in [5.41, 5.74) is 5.54. The largest absolute Gasteiger partial charge is 0.349 e. The van der Waals surface area contributed by atoms with Gasteiger partial charge >= 0.3 is 0 Å². The van der Waals surface area contributed by atoms with Crippen LogP contribution in [0.4, 0.5) is 10.2 Å². The average molecular weight is 341 g/mol. The van der Waals surface area contributed by atoms with Crippen molar-refractivity contribution < 1.29 is 4.39 Å². The van der Waals surface area contributed by atoms with Gasteiger partial charge in [-0.25, -0.2) is 19.9 Å². The lowest BCUT2D eigenvalue weighted by atomic mass is 9.99. The van der Waals surface area contributed by atoms with Gasteiger partial charge in [-0.3, -0.25) is 0 Å². The zero-order valence-corrected chi connectivity index (χ0v) is 14.2. The second-order valence-electron chi connectivity index (χ2n) is 5.91. The zero-order chi connectivity index (χ0) is 16.7. The Morgan fingerprint density at radius 1 is 1.25 bits per heavy atom. The Labute approximate surface area is 143 Å². The molecular weight excluding hydrogens is 325 g/mol. The van der Waals surface area contributed by atoms with Gasteiger partial charge in [0.25, 0.3) is 0 Å². The lowest BCUT2D eigenvalue weighted by Gasteiger charge is -2.35. The minimum absolute atomic E-state index is 0.0481. The summed E-state index contributed by atoms with van der Waals surface area (Å²) in [6.45, 7) is 4.70. The van der Waals surface area contributed by atoms with Crippen LogP contribution in [0.25, 0.3) is 11.5 Å². The van der Waals surface area contributed by atoms with Crippen LogP contribution in [-0.2, 0) is 6.42 Å². The number of hydrogen-bond donors (Lipinski definition) is 0. The number of rotatable bonds is 2. The summed E-state index contributed by atoms with van der Waals surface area (Å²) in [6, 6.07) is 3.40. The number of aryl methyl sites for hydroxylation is 1. The summed E-state index contributed by atoms with van der Waals surface area (Å²) < 4.78 is 13.6. The lowest BCUT2D eigenvalue weighted by Crippen LogP contribution is -2.35. The highest BCUT2D eigenvalue weighted by Crippen LogP contribution is 2.32. The molecule has 5 nitrogen and oxygen atoms in total. The smallest absolute Gasteiger partial charge is 0.215 e. The fourth-order valence-electron chi connectivity index (χ4n) is 3.08. The maximum absolute atomic E-state index is 13.6. The minimum Gasteiger partial charge on any atom is -0.349 e. The van der Waals surface area contributed by atoms with Crippen molar-refractivity contribution in [1.29, 1.82) is 0 Å². The average Bonchev–Trinajstić information content (AvgIpc) is 3.08. The molecule has 4 heterocycles. The standard InChI is InChI=1S/C17H16FN5S/c1-10-5-15(18)22-16(6-10)23-4-3-13-12(11(23)2)7-19-17(21-13)14-8-24-9-20-14/h5-9,11H,3-4H2,1-2H3. The van der Waals surface area contributed by atoms with Crippen LogP contribution in [0.3, 0.4) is 0 Å². The summed E-state index contributed by atoms with van der Waals surface area (Å²) in [7, 11) is 0. The molecule has 0 amide bonds. The van der Waals surface area contributed by atoms with E-state index in [1.165, 1.54) is 17.4 Å². The molecule has 0 bridgehead atoms. The molecule has 1 aliphatic rings. The van der Waals surface area contributed by atoms with Crippen LogP contribution < -0.4 is 4.90 Å². The van der Waals surface area contributed by atoms with E-state index in [9.17, 15) is 4.39 Å². The highest BCUT2D eigenvalue weighted by molar-refractivity contribution is 7.07. The Morgan fingerprint density at radius 2 is 2.12 bits per heavy atom. The Hall–Kier alpha value is -2.41. The number of pyridine rings is 1. The van der Waals surface area contributed by atoms with Gasteiger partial charge in [-0.1, -0.05) is 0 Å². The SMILES string of the molecule is Cc1cc(F)nc(N2CCc3nc(-c4cscn4)ncc3C2C)c1. The monoisotopic (exact) mass is 341 g/mol. The number of fused-ring (bicyclic) bond motifs is 1.